The highest BCUT2D eigenvalue weighted by atomic mass is 16.4. The van der Waals surface area contributed by atoms with E-state index in [0.29, 0.717) is 25.8 Å². The van der Waals surface area contributed by atoms with Gasteiger partial charge in [0.05, 0.1) is 12.5 Å². The summed E-state index contributed by atoms with van der Waals surface area (Å²) in [7, 11) is 0. The Balaban J connectivity index is 5.51. The molecule has 0 bridgehead atoms. The molecule has 0 aromatic carbocycles. The molecule has 0 spiro atoms. The van der Waals surface area contributed by atoms with E-state index in [4.69, 9.17) is 16.6 Å². The predicted molar refractivity (Wildman–Crippen MR) is 138 cm³/mol. The molecule has 38 heavy (non-hydrogen) atoms. The first-order valence-electron chi connectivity index (χ1n) is 12.8. The summed E-state index contributed by atoms with van der Waals surface area (Å²) >= 11 is 0. The van der Waals surface area contributed by atoms with Crippen molar-refractivity contribution >= 4 is 35.6 Å². The van der Waals surface area contributed by atoms with Gasteiger partial charge in [-0.05, 0) is 44.6 Å². The fourth-order valence-electron chi connectivity index (χ4n) is 3.44. The summed E-state index contributed by atoms with van der Waals surface area (Å²) in [6.07, 6.45) is 1.13. The maximum atomic E-state index is 13.0. The Labute approximate surface area is 223 Å². The molecule has 0 saturated heterocycles. The van der Waals surface area contributed by atoms with E-state index in [-0.39, 0.29) is 12.3 Å². The van der Waals surface area contributed by atoms with Gasteiger partial charge >= 0.3 is 11.9 Å². The average molecular weight is 545 g/mol. The SMILES string of the molecule is CC[C@H](C)[C@H](NC(=O)[C@H](C)NC(=O)[C@H](CCCCN)NC(=O)[C@@H](NC(=O)[C@@H](N)CC(=O)O)C(C)C)C(=O)O. The molecule has 0 aliphatic rings. The Kier molecular flexibility index (Phi) is 15.8. The van der Waals surface area contributed by atoms with Gasteiger partial charge in [-0.1, -0.05) is 34.1 Å². The first-order chi connectivity index (χ1) is 17.7. The summed E-state index contributed by atoms with van der Waals surface area (Å²) < 4.78 is 0. The van der Waals surface area contributed by atoms with Crippen molar-refractivity contribution in [2.75, 3.05) is 6.54 Å². The van der Waals surface area contributed by atoms with Crippen LogP contribution in [0.3, 0.4) is 0 Å². The molecular weight excluding hydrogens is 500 g/mol. The number of amides is 4. The number of carboxylic acid groups (broad SMARTS) is 2. The number of aliphatic carboxylic acids is 2. The molecule has 0 unspecified atom stereocenters. The molecule has 0 heterocycles. The number of carbonyl (C=O) groups is 6. The molecule has 0 rings (SSSR count). The molecule has 0 radical (unpaired) electrons. The molecule has 14 heteroatoms. The van der Waals surface area contributed by atoms with Crippen molar-refractivity contribution in [3.63, 3.8) is 0 Å². The van der Waals surface area contributed by atoms with E-state index in [1.165, 1.54) is 6.92 Å². The Hall–Kier alpha value is -3.26. The second kappa shape index (κ2) is 17.3. The number of nitrogens with one attached hydrogen (secondary N) is 4. The molecule has 10 N–H and O–H groups in total. The molecule has 0 aromatic heterocycles. The van der Waals surface area contributed by atoms with Crippen molar-refractivity contribution < 1.29 is 39.0 Å². The van der Waals surface area contributed by atoms with Gasteiger partial charge in [0.15, 0.2) is 0 Å². The van der Waals surface area contributed by atoms with Crippen LogP contribution in [0.15, 0.2) is 0 Å². The maximum Gasteiger partial charge on any atom is 0.326 e. The number of hydrogen-bond donors (Lipinski definition) is 8. The minimum atomic E-state index is -1.37. The molecule has 4 amide bonds. The Morgan fingerprint density at radius 3 is 1.82 bits per heavy atom. The third-order valence-electron chi connectivity index (χ3n) is 6.09. The summed E-state index contributed by atoms with van der Waals surface area (Å²) in [5.74, 6) is -6.12. The van der Waals surface area contributed by atoms with Crippen molar-refractivity contribution in [1.82, 2.24) is 21.3 Å². The van der Waals surface area contributed by atoms with E-state index in [0.717, 1.165) is 0 Å². The molecule has 218 valence electrons. The largest absolute Gasteiger partial charge is 0.481 e. The lowest BCUT2D eigenvalue weighted by Gasteiger charge is -2.27. The van der Waals surface area contributed by atoms with Crippen LogP contribution in [-0.2, 0) is 28.8 Å². The third-order valence-corrected chi connectivity index (χ3v) is 6.09. The Morgan fingerprint density at radius 2 is 1.34 bits per heavy atom. The molecule has 0 aliphatic heterocycles. The molecule has 0 aromatic rings. The highest BCUT2D eigenvalue weighted by molar-refractivity contribution is 5.95. The highest BCUT2D eigenvalue weighted by Crippen LogP contribution is 2.09. The van der Waals surface area contributed by atoms with Gasteiger partial charge < -0.3 is 42.9 Å². The van der Waals surface area contributed by atoms with Gasteiger partial charge in [0.25, 0.3) is 0 Å². The van der Waals surface area contributed by atoms with Crippen LogP contribution in [0.2, 0.25) is 0 Å². The van der Waals surface area contributed by atoms with Crippen LogP contribution in [0, 0.1) is 11.8 Å². The van der Waals surface area contributed by atoms with E-state index in [1.807, 2.05) is 0 Å². The first kappa shape index (κ1) is 34.7. The Morgan fingerprint density at radius 1 is 0.763 bits per heavy atom. The van der Waals surface area contributed by atoms with Crippen LogP contribution >= 0.6 is 0 Å². The second-order valence-electron chi connectivity index (χ2n) is 9.72. The van der Waals surface area contributed by atoms with Gasteiger partial charge in [-0.25, -0.2) is 4.79 Å². The van der Waals surface area contributed by atoms with Gasteiger partial charge in [-0.2, -0.15) is 0 Å². The van der Waals surface area contributed by atoms with Crippen LogP contribution in [0.4, 0.5) is 0 Å². The van der Waals surface area contributed by atoms with Crippen molar-refractivity contribution in [3.8, 4) is 0 Å². The lowest BCUT2D eigenvalue weighted by Crippen LogP contribution is -2.59. The second-order valence-corrected chi connectivity index (χ2v) is 9.72. The third kappa shape index (κ3) is 12.3. The summed E-state index contributed by atoms with van der Waals surface area (Å²) in [5, 5.41) is 28.2. The van der Waals surface area contributed by atoms with E-state index in [2.05, 4.69) is 21.3 Å². The van der Waals surface area contributed by atoms with Gasteiger partial charge in [0.2, 0.25) is 23.6 Å². The normalized spacial score (nSPS) is 15.8. The van der Waals surface area contributed by atoms with Gasteiger partial charge in [-0.3, -0.25) is 24.0 Å². The number of rotatable bonds is 18. The monoisotopic (exact) mass is 544 g/mol. The smallest absolute Gasteiger partial charge is 0.326 e. The highest BCUT2D eigenvalue weighted by Gasteiger charge is 2.32. The zero-order valence-corrected chi connectivity index (χ0v) is 22.8. The van der Waals surface area contributed by atoms with E-state index in [9.17, 15) is 33.9 Å². The van der Waals surface area contributed by atoms with Crippen LogP contribution in [0.1, 0.15) is 66.7 Å². The predicted octanol–water partition coefficient (Wildman–Crippen LogP) is -1.34. The summed E-state index contributed by atoms with van der Waals surface area (Å²) in [4.78, 5) is 73.3. The Bertz CT molecular complexity index is 837. The lowest BCUT2D eigenvalue weighted by molar-refractivity contribution is -0.143. The van der Waals surface area contributed by atoms with Crippen LogP contribution in [0.5, 0.6) is 0 Å². The quantitative estimate of drug-likeness (QED) is 0.0944. The van der Waals surface area contributed by atoms with E-state index < -0.39 is 78.1 Å². The first-order valence-corrected chi connectivity index (χ1v) is 12.8. The number of carbonyl (C=O) groups excluding carboxylic acids is 4. The molecule has 0 saturated carbocycles. The van der Waals surface area contributed by atoms with Crippen LogP contribution < -0.4 is 32.7 Å². The average Bonchev–Trinajstić information content (AvgIpc) is 2.83. The van der Waals surface area contributed by atoms with Crippen molar-refractivity contribution in [2.24, 2.45) is 23.3 Å². The minimum Gasteiger partial charge on any atom is -0.481 e. The van der Waals surface area contributed by atoms with Crippen molar-refractivity contribution in [2.45, 2.75) is 96.9 Å². The summed E-state index contributed by atoms with van der Waals surface area (Å²) in [6, 6.07) is -5.79. The molecule has 0 fully saturated rings. The fraction of sp³-hybridized carbons (Fsp3) is 0.750. The molecular formula is C24H44N6O8. The standard InChI is InChI=1S/C24H44N6O8/c1-6-13(4)19(24(37)38)30-20(33)14(5)27-22(35)16(9-7-8-10-25)28-23(36)18(12(2)3)29-21(34)15(26)11-17(31)32/h12-16,18-19H,6-11,25-26H2,1-5H3,(H,27,35)(H,28,36)(H,29,34)(H,30,33)(H,31,32)(H,37,38)/t13-,14-,15-,16-,18-,19-/m0/s1. The van der Waals surface area contributed by atoms with Crippen molar-refractivity contribution in [1.29, 1.82) is 0 Å². The van der Waals surface area contributed by atoms with E-state index >= 15 is 0 Å². The zero-order valence-electron chi connectivity index (χ0n) is 22.8. The summed E-state index contributed by atoms with van der Waals surface area (Å²) in [5.41, 5.74) is 11.1. The van der Waals surface area contributed by atoms with Gasteiger partial charge in [0.1, 0.15) is 24.2 Å². The van der Waals surface area contributed by atoms with Gasteiger partial charge in [0, 0.05) is 0 Å². The topological polar surface area (TPSA) is 243 Å². The van der Waals surface area contributed by atoms with Crippen LogP contribution in [-0.4, -0.2) is 82.5 Å². The van der Waals surface area contributed by atoms with Gasteiger partial charge in [-0.15, -0.1) is 0 Å². The number of hydrogen-bond acceptors (Lipinski definition) is 8. The molecule has 0 aliphatic carbocycles. The number of nitrogens with two attached hydrogens (primary N) is 2. The lowest BCUT2D eigenvalue weighted by atomic mass is 9.99. The number of unbranched alkanes of at least 4 members (excludes halogenated alkanes) is 1. The van der Waals surface area contributed by atoms with Crippen LogP contribution in [0.25, 0.3) is 0 Å². The molecule has 14 nitrogen and oxygen atoms in total. The fourth-order valence-corrected chi connectivity index (χ4v) is 3.44. The minimum absolute atomic E-state index is 0.186. The van der Waals surface area contributed by atoms with E-state index in [1.54, 1.807) is 27.7 Å². The molecule has 6 atom stereocenters. The summed E-state index contributed by atoms with van der Waals surface area (Å²) in [6.45, 7) is 8.53. The zero-order chi connectivity index (χ0) is 29.6. The number of carboxylic acids is 2. The van der Waals surface area contributed by atoms with Crippen molar-refractivity contribution in [3.05, 3.63) is 0 Å². The maximum absolute atomic E-state index is 13.0.